The first-order valence-electron chi connectivity index (χ1n) is 7.83. The minimum absolute atomic E-state index is 0.183. The first kappa shape index (κ1) is 14.0. The fourth-order valence-electron chi connectivity index (χ4n) is 3.64. The van der Waals surface area contributed by atoms with Gasteiger partial charge in [-0.15, -0.1) is 0 Å². The summed E-state index contributed by atoms with van der Waals surface area (Å²) >= 11 is 0. The molecule has 1 unspecified atom stereocenters. The third kappa shape index (κ3) is 2.62. The Morgan fingerprint density at radius 3 is 2.78 bits per heavy atom. The van der Waals surface area contributed by atoms with E-state index in [-0.39, 0.29) is 5.81 Å². The van der Waals surface area contributed by atoms with Gasteiger partial charge in [0, 0.05) is 37.6 Å². The Hall–Kier alpha value is -2.58. The molecule has 2 saturated heterocycles. The van der Waals surface area contributed by atoms with E-state index in [0.717, 1.165) is 37.4 Å². The van der Waals surface area contributed by atoms with Crippen molar-refractivity contribution in [3.63, 3.8) is 0 Å². The highest BCUT2D eigenvalue weighted by Gasteiger charge is 2.41. The smallest absolute Gasteiger partial charge is 0.229 e. The van der Waals surface area contributed by atoms with Crippen LogP contribution in [0, 0.1) is 0 Å². The van der Waals surface area contributed by atoms with Crippen molar-refractivity contribution in [1.82, 2.24) is 25.1 Å². The van der Waals surface area contributed by atoms with Crippen LogP contribution in [0.25, 0.3) is 0 Å². The predicted octanol–water partition coefficient (Wildman–Crippen LogP) is 0.349. The molecule has 1 amide bonds. The Morgan fingerprint density at radius 2 is 2.13 bits per heavy atom. The Morgan fingerprint density at radius 1 is 1.35 bits per heavy atom. The lowest BCUT2D eigenvalue weighted by Crippen LogP contribution is -2.55. The van der Waals surface area contributed by atoms with Crippen LogP contribution in [0.15, 0.2) is 24.7 Å². The van der Waals surface area contributed by atoms with Gasteiger partial charge in [0.15, 0.2) is 5.81 Å². The summed E-state index contributed by atoms with van der Waals surface area (Å²) in [5.74, 6) is 1.62. The standard InChI is InChI=1S/C14H18BN7O/c15-13(23)22-10-1-2-11(22)8-21(7-10)12-3-4-16-14(20-12)19-9-5-17-18-6-9/h3-6,10-11H,1-2,7-8,15H2,(H,17,18)(H,16,19,20)/t10-,11?/m1/s1. The van der Waals surface area contributed by atoms with Crippen molar-refractivity contribution in [3.05, 3.63) is 24.7 Å². The fourth-order valence-corrected chi connectivity index (χ4v) is 3.64. The van der Waals surface area contributed by atoms with Crippen LogP contribution >= 0.6 is 0 Å². The molecule has 9 heteroatoms. The summed E-state index contributed by atoms with van der Waals surface area (Å²) in [6.45, 7) is 1.66. The second kappa shape index (κ2) is 5.56. The highest BCUT2D eigenvalue weighted by molar-refractivity contribution is 6.57. The summed E-state index contributed by atoms with van der Waals surface area (Å²) in [7, 11) is 1.67. The quantitative estimate of drug-likeness (QED) is 0.795. The molecule has 0 saturated carbocycles. The summed E-state index contributed by atoms with van der Waals surface area (Å²) in [5, 5.41) is 9.76. The van der Waals surface area contributed by atoms with Crippen molar-refractivity contribution in [2.24, 2.45) is 0 Å². The van der Waals surface area contributed by atoms with Gasteiger partial charge in [0.2, 0.25) is 13.8 Å². The van der Waals surface area contributed by atoms with Crippen molar-refractivity contribution in [2.45, 2.75) is 24.9 Å². The number of fused-ring (bicyclic) bond motifs is 2. The van der Waals surface area contributed by atoms with E-state index < -0.39 is 0 Å². The van der Waals surface area contributed by atoms with Crippen LogP contribution in [-0.2, 0) is 0 Å². The van der Waals surface area contributed by atoms with Gasteiger partial charge in [-0.2, -0.15) is 10.1 Å². The molecule has 2 aliphatic rings. The molecule has 0 radical (unpaired) electrons. The molecule has 2 N–H and O–H groups in total. The van der Waals surface area contributed by atoms with Gasteiger partial charge < -0.3 is 15.1 Å². The second-order valence-corrected chi connectivity index (χ2v) is 6.07. The topological polar surface area (TPSA) is 90.0 Å². The number of amides is 1. The van der Waals surface area contributed by atoms with E-state index in [4.69, 9.17) is 0 Å². The molecule has 8 nitrogen and oxygen atoms in total. The normalized spacial score (nSPS) is 23.1. The average molecular weight is 311 g/mol. The number of hydrogen-bond donors (Lipinski definition) is 2. The highest BCUT2D eigenvalue weighted by Crippen LogP contribution is 2.32. The summed E-state index contributed by atoms with van der Waals surface area (Å²) in [6.07, 6.45) is 7.34. The summed E-state index contributed by atoms with van der Waals surface area (Å²) in [6, 6.07) is 2.52. The van der Waals surface area contributed by atoms with Crippen LogP contribution in [0.4, 0.5) is 22.2 Å². The molecule has 118 valence electrons. The molecular weight excluding hydrogens is 293 g/mol. The summed E-state index contributed by atoms with van der Waals surface area (Å²) < 4.78 is 0. The third-order valence-electron chi connectivity index (χ3n) is 4.57. The zero-order valence-electron chi connectivity index (χ0n) is 12.9. The maximum Gasteiger partial charge on any atom is 0.229 e. The van der Waals surface area contributed by atoms with Crippen molar-refractivity contribution in [1.29, 1.82) is 0 Å². The number of H-pyrrole nitrogens is 1. The zero-order chi connectivity index (χ0) is 15.8. The fraction of sp³-hybridized carbons (Fsp3) is 0.429. The number of aromatic nitrogens is 4. The van der Waals surface area contributed by atoms with Gasteiger partial charge in [-0.3, -0.25) is 9.89 Å². The van der Waals surface area contributed by atoms with Gasteiger partial charge in [-0.05, 0) is 18.9 Å². The first-order chi connectivity index (χ1) is 11.2. The predicted molar refractivity (Wildman–Crippen MR) is 88.7 cm³/mol. The summed E-state index contributed by atoms with van der Waals surface area (Å²) in [5.41, 5.74) is 0.823. The molecule has 4 rings (SSSR count). The molecule has 2 aromatic heterocycles. The molecule has 2 fully saturated rings. The molecule has 0 spiro atoms. The van der Waals surface area contributed by atoms with Gasteiger partial charge in [0.05, 0.1) is 11.9 Å². The number of anilines is 3. The molecular formula is C14H18BN7O. The van der Waals surface area contributed by atoms with E-state index >= 15 is 0 Å². The van der Waals surface area contributed by atoms with Crippen molar-refractivity contribution < 1.29 is 4.79 Å². The number of carbonyl (C=O) groups excluding carboxylic acids is 1. The Labute approximate surface area is 134 Å². The number of rotatable bonds is 3. The van der Waals surface area contributed by atoms with Gasteiger partial charge in [-0.1, -0.05) is 0 Å². The van der Waals surface area contributed by atoms with E-state index in [9.17, 15) is 4.79 Å². The third-order valence-corrected chi connectivity index (χ3v) is 4.57. The van der Waals surface area contributed by atoms with Crippen molar-refractivity contribution in [2.75, 3.05) is 23.3 Å². The van der Waals surface area contributed by atoms with Gasteiger partial charge in [-0.25, -0.2) is 4.98 Å². The largest absolute Gasteiger partial charge is 0.352 e. The lowest BCUT2D eigenvalue weighted by molar-refractivity contribution is 0.184. The van der Waals surface area contributed by atoms with E-state index in [1.54, 1.807) is 26.4 Å². The van der Waals surface area contributed by atoms with Gasteiger partial charge >= 0.3 is 0 Å². The van der Waals surface area contributed by atoms with E-state index in [0.29, 0.717) is 18.0 Å². The Balaban J connectivity index is 1.52. The number of hydrogen-bond acceptors (Lipinski definition) is 6. The molecule has 23 heavy (non-hydrogen) atoms. The molecule has 2 aliphatic heterocycles. The Bertz CT molecular complexity index is 693. The lowest BCUT2D eigenvalue weighted by Gasteiger charge is -2.41. The zero-order valence-corrected chi connectivity index (χ0v) is 12.9. The summed E-state index contributed by atoms with van der Waals surface area (Å²) in [4.78, 5) is 24.9. The van der Waals surface area contributed by atoms with Crippen LogP contribution in [0.1, 0.15) is 12.8 Å². The van der Waals surface area contributed by atoms with E-state index in [1.807, 2.05) is 11.0 Å². The molecule has 2 atom stereocenters. The lowest BCUT2D eigenvalue weighted by atomic mass is 10.0. The average Bonchev–Trinajstić information content (AvgIpc) is 3.14. The van der Waals surface area contributed by atoms with Crippen LogP contribution < -0.4 is 10.2 Å². The molecule has 4 heterocycles. The maximum atomic E-state index is 11.8. The molecule has 2 bridgehead atoms. The molecule has 2 aromatic rings. The SMILES string of the molecule is BC(=O)N1C2CC[C@@H]1CN(c1ccnc(Nc3cn[nH]c3)n1)C2. The number of carbonyl (C=O) groups is 1. The van der Waals surface area contributed by atoms with Crippen LogP contribution in [0.3, 0.4) is 0 Å². The monoisotopic (exact) mass is 311 g/mol. The number of nitrogens with one attached hydrogen (secondary N) is 2. The van der Waals surface area contributed by atoms with Crippen molar-refractivity contribution in [3.8, 4) is 0 Å². The van der Waals surface area contributed by atoms with E-state index in [2.05, 4.69) is 30.4 Å². The minimum Gasteiger partial charge on any atom is -0.352 e. The molecule has 0 aliphatic carbocycles. The number of aromatic amines is 1. The molecule has 0 aromatic carbocycles. The first-order valence-corrected chi connectivity index (χ1v) is 7.83. The Kier molecular flexibility index (Phi) is 3.40. The number of piperazine rings is 1. The highest BCUT2D eigenvalue weighted by atomic mass is 16.2. The van der Waals surface area contributed by atoms with Gasteiger partial charge in [0.1, 0.15) is 5.82 Å². The second-order valence-electron chi connectivity index (χ2n) is 6.07. The van der Waals surface area contributed by atoms with Crippen LogP contribution in [0.2, 0.25) is 0 Å². The van der Waals surface area contributed by atoms with E-state index in [1.165, 1.54) is 0 Å². The van der Waals surface area contributed by atoms with Crippen molar-refractivity contribution >= 4 is 31.1 Å². The van der Waals surface area contributed by atoms with Crippen LogP contribution in [-0.4, -0.2) is 63.9 Å². The maximum absolute atomic E-state index is 11.8. The number of nitrogens with zero attached hydrogens (tertiary/aromatic N) is 5. The van der Waals surface area contributed by atoms with Crippen LogP contribution in [0.5, 0.6) is 0 Å². The minimum atomic E-state index is 0.183. The van der Waals surface area contributed by atoms with Gasteiger partial charge in [0.25, 0.3) is 0 Å².